The summed E-state index contributed by atoms with van der Waals surface area (Å²) in [5, 5.41) is 2.82. The molecule has 1 heterocycles. The minimum absolute atomic E-state index is 0.0728. The lowest BCUT2D eigenvalue weighted by Gasteiger charge is -2.32. The van der Waals surface area contributed by atoms with Crippen LogP contribution in [0.4, 0.5) is 0 Å². The maximum atomic E-state index is 11.6. The summed E-state index contributed by atoms with van der Waals surface area (Å²) in [6.45, 7) is 9.80. The van der Waals surface area contributed by atoms with E-state index in [1.807, 2.05) is 0 Å². The first-order valence-electron chi connectivity index (χ1n) is 6.15. The molecule has 0 aromatic heterocycles. The molecule has 1 fully saturated rings. The number of ether oxygens (including phenoxy) is 1. The lowest BCUT2D eigenvalue weighted by Crippen LogP contribution is -2.49. The summed E-state index contributed by atoms with van der Waals surface area (Å²) in [7, 11) is 0. The highest BCUT2D eigenvalue weighted by Gasteiger charge is 2.20. The van der Waals surface area contributed by atoms with Gasteiger partial charge in [0.15, 0.2) is 0 Å². The number of hydrogen-bond donors (Lipinski definition) is 2. The first-order chi connectivity index (χ1) is 8.17. The predicted octanol–water partition coefficient (Wildman–Crippen LogP) is -0.273. The van der Waals surface area contributed by atoms with Gasteiger partial charge >= 0.3 is 0 Å². The number of nitrogens with two attached hydrogens (primary N) is 1. The molecule has 5 heteroatoms. The first kappa shape index (κ1) is 14.2. The minimum atomic E-state index is -0.502. The smallest absolute Gasteiger partial charge is 0.237 e. The van der Waals surface area contributed by atoms with Crippen LogP contribution < -0.4 is 11.1 Å². The van der Waals surface area contributed by atoms with Gasteiger partial charge in [0, 0.05) is 19.6 Å². The van der Waals surface area contributed by atoms with Crippen LogP contribution in [0.3, 0.4) is 0 Å². The van der Waals surface area contributed by atoms with Crippen molar-refractivity contribution in [2.45, 2.75) is 25.5 Å². The summed E-state index contributed by atoms with van der Waals surface area (Å²) in [6, 6.07) is -0.502. The second-order valence-corrected chi connectivity index (χ2v) is 4.26. The summed E-state index contributed by atoms with van der Waals surface area (Å²) < 4.78 is 5.58. The van der Waals surface area contributed by atoms with Crippen molar-refractivity contribution >= 4 is 5.91 Å². The van der Waals surface area contributed by atoms with Crippen LogP contribution >= 0.6 is 0 Å². The Hall–Kier alpha value is -0.910. The SMILES string of the molecule is C=CCC(N)C(=O)NCC1CN(CC)CCO1. The molecule has 2 unspecified atom stereocenters. The van der Waals surface area contributed by atoms with Gasteiger partial charge in [-0.05, 0) is 13.0 Å². The van der Waals surface area contributed by atoms with Crippen molar-refractivity contribution in [1.82, 2.24) is 10.2 Å². The van der Waals surface area contributed by atoms with Gasteiger partial charge in [-0.25, -0.2) is 0 Å². The van der Waals surface area contributed by atoms with E-state index in [1.54, 1.807) is 6.08 Å². The molecule has 0 aromatic rings. The highest BCUT2D eigenvalue weighted by molar-refractivity contribution is 5.81. The molecule has 3 N–H and O–H groups in total. The Labute approximate surface area is 103 Å². The molecule has 1 aliphatic rings. The second-order valence-electron chi connectivity index (χ2n) is 4.26. The average Bonchev–Trinajstić information content (AvgIpc) is 2.36. The zero-order valence-electron chi connectivity index (χ0n) is 10.5. The molecule has 0 bridgehead atoms. The van der Waals surface area contributed by atoms with Crippen LogP contribution in [0.15, 0.2) is 12.7 Å². The van der Waals surface area contributed by atoms with Gasteiger partial charge < -0.3 is 15.8 Å². The molecule has 0 spiro atoms. The third-order valence-electron chi connectivity index (χ3n) is 2.93. The molecule has 17 heavy (non-hydrogen) atoms. The third kappa shape index (κ3) is 4.85. The number of likely N-dealkylation sites (N-methyl/N-ethyl adjacent to an activating group) is 1. The van der Waals surface area contributed by atoms with E-state index >= 15 is 0 Å². The number of nitrogens with zero attached hydrogens (tertiary/aromatic N) is 1. The normalized spacial score (nSPS) is 23.1. The Kier molecular flexibility index (Phi) is 6.18. The Bertz CT molecular complexity index is 258. The zero-order valence-corrected chi connectivity index (χ0v) is 10.5. The van der Waals surface area contributed by atoms with Gasteiger partial charge in [-0.3, -0.25) is 9.69 Å². The van der Waals surface area contributed by atoms with Crippen molar-refractivity contribution in [2.75, 3.05) is 32.8 Å². The zero-order chi connectivity index (χ0) is 12.7. The van der Waals surface area contributed by atoms with Crippen molar-refractivity contribution in [3.05, 3.63) is 12.7 Å². The topological polar surface area (TPSA) is 67.6 Å². The summed E-state index contributed by atoms with van der Waals surface area (Å²) in [5.74, 6) is -0.137. The fraction of sp³-hybridized carbons (Fsp3) is 0.750. The van der Waals surface area contributed by atoms with Crippen LogP contribution in [0.2, 0.25) is 0 Å². The van der Waals surface area contributed by atoms with Crippen LogP contribution in [0.25, 0.3) is 0 Å². The molecule has 5 nitrogen and oxygen atoms in total. The fourth-order valence-corrected chi connectivity index (χ4v) is 1.82. The molecule has 1 amide bonds. The molecule has 1 rings (SSSR count). The van der Waals surface area contributed by atoms with Crippen molar-refractivity contribution < 1.29 is 9.53 Å². The Morgan fingerprint density at radius 2 is 2.53 bits per heavy atom. The molecular formula is C12H23N3O2. The molecule has 0 aliphatic carbocycles. The number of morpholine rings is 1. The lowest BCUT2D eigenvalue weighted by molar-refractivity contribution is -0.123. The quantitative estimate of drug-likeness (QED) is 0.628. The minimum Gasteiger partial charge on any atom is -0.374 e. The molecular weight excluding hydrogens is 218 g/mol. The summed E-state index contributed by atoms with van der Waals surface area (Å²) >= 11 is 0. The van der Waals surface area contributed by atoms with Crippen LogP contribution in [0.5, 0.6) is 0 Å². The highest BCUT2D eigenvalue weighted by atomic mass is 16.5. The lowest BCUT2D eigenvalue weighted by atomic mass is 10.2. The first-order valence-corrected chi connectivity index (χ1v) is 6.15. The van der Waals surface area contributed by atoms with Gasteiger partial charge in [0.1, 0.15) is 0 Å². The van der Waals surface area contributed by atoms with Gasteiger partial charge in [-0.15, -0.1) is 6.58 Å². The van der Waals surface area contributed by atoms with Crippen molar-refractivity contribution in [3.8, 4) is 0 Å². The number of amides is 1. The van der Waals surface area contributed by atoms with Crippen LogP contribution in [-0.2, 0) is 9.53 Å². The standard InChI is InChI=1S/C12H23N3O2/c1-3-5-11(13)12(16)14-8-10-9-15(4-2)6-7-17-10/h3,10-11H,1,4-9,13H2,2H3,(H,14,16). The number of nitrogens with one attached hydrogen (secondary N) is 1. The van der Waals surface area contributed by atoms with Gasteiger partial charge in [0.2, 0.25) is 5.91 Å². The third-order valence-corrected chi connectivity index (χ3v) is 2.93. The van der Waals surface area contributed by atoms with E-state index in [-0.39, 0.29) is 12.0 Å². The maximum Gasteiger partial charge on any atom is 0.237 e. The summed E-state index contributed by atoms with van der Waals surface area (Å²) in [5.41, 5.74) is 5.66. The molecule has 1 aliphatic heterocycles. The maximum absolute atomic E-state index is 11.6. The van der Waals surface area contributed by atoms with Crippen LogP contribution in [-0.4, -0.2) is 55.7 Å². The second kappa shape index (κ2) is 7.42. The van der Waals surface area contributed by atoms with Crippen LogP contribution in [0, 0.1) is 0 Å². The number of rotatable bonds is 6. The van der Waals surface area contributed by atoms with Crippen molar-refractivity contribution in [3.63, 3.8) is 0 Å². The van der Waals surface area contributed by atoms with Crippen molar-refractivity contribution in [2.24, 2.45) is 5.73 Å². The number of carbonyl (C=O) groups is 1. The van der Waals surface area contributed by atoms with E-state index in [0.717, 1.165) is 26.2 Å². The van der Waals surface area contributed by atoms with Gasteiger partial charge in [0.25, 0.3) is 0 Å². The monoisotopic (exact) mass is 241 g/mol. The van der Waals surface area contributed by atoms with Gasteiger partial charge in [-0.2, -0.15) is 0 Å². The van der Waals surface area contributed by atoms with E-state index in [4.69, 9.17) is 10.5 Å². The predicted molar refractivity (Wildman–Crippen MR) is 67.7 cm³/mol. The molecule has 0 saturated carbocycles. The largest absolute Gasteiger partial charge is 0.374 e. The van der Waals surface area contributed by atoms with E-state index in [1.165, 1.54) is 0 Å². The summed E-state index contributed by atoms with van der Waals surface area (Å²) in [4.78, 5) is 13.9. The molecule has 98 valence electrons. The number of hydrogen-bond acceptors (Lipinski definition) is 4. The molecule has 0 aromatic carbocycles. The van der Waals surface area contributed by atoms with E-state index in [2.05, 4.69) is 23.7 Å². The fourth-order valence-electron chi connectivity index (χ4n) is 1.82. The molecule has 1 saturated heterocycles. The van der Waals surface area contributed by atoms with E-state index in [9.17, 15) is 4.79 Å². The Balaban J connectivity index is 2.25. The van der Waals surface area contributed by atoms with Crippen molar-refractivity contribution in [1.29, 1.82) is 0 Å². The van der Waals surface area contributed by atoms with Gasteiger partial charge in [0.05, 0.1) is 18.8 Å². The number of carbonyl (C=O) groups excluding carboxylic acids is 1. The van der Waals surface area contributed by atoms with E-state index in [0.29, 0.717) is 13.0 Å². The Morgan fingerprint density at radius 3 is 3.18 bits per heavy atom. The average molecular weight is 241 g/mol. The summed E-state index contributed by atoms with van der Waals surface area (Å²) in [6.07, 6.45) is 2.22. The van der Waals surface area contributed by atoms with Crippen LogP contribution in [0.1, 0.15) is 13.3 Å². The molecule has 0 radical (unpaired) electrons. The Morgan fingerprint density at radius 1 is 1.76 bits per heavy atom. The van der Waals surface area contributed by atoms with Gasteiger partial charge in [-0.1, -0.05) is 13.0 Å². The molecule has 2 atom stereocenters. The van der Waals surface area contributed by atoms with E-state index < -0.39 is 6.04 Å². The highest BCUT2D eigenvalue weighted by Crippen LogP contribution is 2.03.